The van der Waals surface area contributed by atoms with Gasteiger partial charge in [-0.2, -0.15) is 0 Å². The highest BCUT2D eigenvalue weighted by Gasteiger charge is 2.19. The van der Waals surface area contributed by atoms with Crippen molar-refractivity contribution >= 4 is 48.8 Å². The van der Waals surface area contributed by atoms with E-state index >= 15 is 0 Å². The fraction of sp³-hybridized carbons (Fsp3) is 0.125. The summed E-state index contributed by atoms with van der Waals surface area (Å²) in [5, 5.41) is -0.432. The third-order valence-electron chi connectivity index (χ3n) is 1.64. The van der Waals surface area contributed by atoms with E-state index in [1.807, 2.05) is 0 Å². The summed E-state index contributed by atoms with van der Waals surface area (Å²) in [6.45, 7) is -0.400. The van der Waals surface area contributed by atoms with Gasteiger partial charge in [0.1, 0.15) is 15.7 Å². The number of hydrogen-bond donors (Lipinski definition) is 1. The van der Waals surface area contributed by atoms with Crippen molar-refractivity contribution in [2.45, 2.75) is 4.90 Å². The van der Waals surface area contributed by atoms with Gasteiger partial charge in [0.05, 0.1) is 5.02 Å². The number of halogens is 3. The van der Waals surface area contributed by atoms with E-state index in [4.69, 9.17) is 44.4 Å². The van der Waals surface area contributed by atoms with Crippen LogP contribution in [0.3, 0.4) is 0 Å². The molecule has 17 heavy (non-hydrogen) atoms. The third kappa shape index (κ3) is 3.64. The molecule has 0 heterocycles. The molecule has 0 saturated carbocycles. The molecule has 0 bridgehead atoms. The highest BCUT2D eigenvalue weighted by atomic mass is 35.7. The second-order valence-corrected chi connectivity index (χ2v) is 6.17. The molecule has 1 aromatic carbocycles. The Morgan fingerprint density at radius 2 is 1.88 bits per heavy atom. The minimum atomic E-state index is -4.00. The number of nitrogens with two attached hydrogens (primary N) is 1. The number of carbonyl (C=O) groups is 1. The van der Waals surface area contributed by atoms with Gasteiger partial charge in [0, 0.05) is 10.7 Å². The summed E-state index contributed by atoms with van der Waals surface area (Å²) in [7, 11) is 1.13. The van der Waals surface area contributed by atoms with E-state index in [1.54, 1.807) is 0 Å². The maximum absolute atomic E-state index is 11.1. The third-order valence-corrected chi connectivity index (χ3v) is 3.98. The fourth-order valence-corrected chi connectivity index (χ4v) is 2.75. The van der Waals surface area contributed by atoms with Gasteiger partial charge in [-0.25, -0.2) is 8.42 Å². The van der Waals surface area contributed by atoms with Crippen molar-refractivity contribution in [2.24, 2.45) is 5.73 Å². The predicted molar refractivity (Wildman–Crippen MR) is 64.2 cm³/mol. The monoisotopic (exact) mass is 317 g/mol. The van der Waals surface area contributed by atoms with Crippen LogP contribution in [0.15, 0.2) is 17.0 Å². The zero-order valence-corrected chi connectivity index (χ0v) is 11.2. The smallest absolute Gasteiger partial charge is 0.262 e. The Balaban J connectivity index is 3.16. The van der Waals surface area contributed by atoms with E-state index in [9.17, 15) is 13.2 Å². The van der Waals surface area contributed by atoms with Crippen molar-refractivity contribution in [3.8, 4) is 5.75 Å². The number of hydrogen-bond acceptors (Lipinski definition) is 4. The van der Waals surface area contributed by atoms with Crippen LogP contribution in [0.2, 0.25) is 10.0 Å². The lowest BCUT2D eigenvalue weighted by atomic mass is 10.3. The highest BCUT2D eigenvalue weighted by Crippen LogP contribution is 2.37. The van der Waals surface area contributed by atoms with Gasteiger partial charge < -0.3 is 10.5 Å². The number of ether oxygens (including phenoxy) is 1. The van der Waals surface area contributed by atoms with Crippen LogP contribution in [0.5, 0.6) is 5.75 Å². The van der Waals surface area contributed by atoms with Gasteiger partial charge in [-0.3, -0.25) is 4.79 Å². The van der Waals surface area contributed by atoms with Crippen LogP contribution in [-0.4, -0.2) is 20.9 Å². The zero-order chi connectivity index (χ0) is 13.2. The van der Waals surface area contributed by atoms with Crippen molar-refractivity contribution < 1.29 is 17.9 Å². The first-order chi connectivity index (χ1) is 7.73. The lowest BCUT2D eigenvalue weighted by Gasteiger charge is -2.09. The summed E-state index contributed by atoms with van der Waals surface area (Å²) in [4.78, 5) is 10.2. The van der Waals surface area contributed by atoms with Crippen molar-refractivity contribution in [1.82, 2.24) is 0 Å². The number of rotatable bonds is 4. The van der Waals surface area contributed by atoms with E-state index in [0.717, 1.165) is 6.07 Å². The van der Waals surface area contributed by atoms with Crippen LogP contribution in [0.25, 0.3) is 0 Å². The first-order valence-corrected chi connectivity index (χ1v) is 7.13. The maximum atomic E-state index is 11.1. The fourth-order valence-electron chi connectivity index (χ4n) is 0.963. The normalized spacial score (nSPS) is 11.2. The Kier molecular flexibility index (Phi) is 4.48. The molecular formula is C8H6Cl3NO4S. The second-order valence-electron chi connectivity index (χ2n) is 2.88. The topological polar surface area (TPSA) is 86.5 Å². The Bertz CT molecular complexity index is 558. The summed E-state index contributed by atoms with van der Waals surface area (Å²) in [6.07, 6.45) is 0. The van der Waals surface area contributed by atoms with Gasteiger partial charge in [0.2, 0.25) is 0 Å². The standard InChI is InChI=1S/C8H6Cl3NO4S/c9-7-4(16-3-6(12)13)1-2-5(8(7)10)17(11,14)15/h1-2H,3H2,(H2,12,13). The Hall–Kier alpha value is -0.690. The molecule has 0 atom stereocenters. The van der Waals surface area contributed by atoms with Crippen LogP contribution in [0, 0.1) is 0 Å². The van der Waals surface area contributed by atoms with Crippen LogP contribution in [0.4, 0.5) is 0 Å². The van der Waals surface area contributed by atoms with E-state index in [-0.39, 0.29) is 20.7 Å². The molecule has 0 saturated heterocycles. The molecule has 0 fully saturated rings. The van der Waals surface area contributed by atoms with Crippen LogP contribution in [-0.2, 0) is 13.8 Å². The van der Waals surface area contributed by atoms with E-state index in [1.165, 1.54) is 6.07 Å². The van der Waals surface area contributed by atoms with Crippen LogP contribution in [0.1, 0.15) is 0 Å². The van der Waals surface area contributed by atoms with E-state index in [2.05, 4.69) is 0 Å². The van der Waals surface area contributed by atoms with Gasteiger partial charge in [-0.15, -0.1) is 0 Å². The van der Waals surface area contributed by atoms with Crippen LogP contribution < -0.4 is 10.5 Å². The minimum Gasteiger partial charge on any atom is -0.482 e. The Labute approximate surface area is 112 Å². The van der Waals surface area contributed by atoms with Crippen LogP contribution >= 0.6 is 33.9 Å². The van der Waals surface area contributed by atoms with Gasteiger partial charge in [0.15, 0.2) is 6.61 Å². The van der Waals surface area contributed by atoms with Gasteiger partial charge >= 0.3 is 0 Å². The average molecular weight is 319 g/mol. The molecule has 0 aromatic heterocycles. The summed E-state index contributed by atoms with van der Waals surface area (Å²) >= 11 is 11.5. The molecular weight excluding hydrogens is 313 g/mol. The molecule has 9 heteroatoms. The molecule has 0 aliphatic carbocycles. The molecule has 94 valence electrons. The van der Waals surface area contributed by atoms with Crippen molar-refractivity contribution in [3.63, 3.8) is 0 Å². The summed E-state index contributed by atoms with van der Waals surface area (Å²) in [5.41, 5.74) is 4.87. The maximum Gasteiger partial charge on any atom is 0.262 e. The van der Waals surface area contributed by atoms with Crippen molar-refractivity contribution in [1.29, 1.82) is 0 Å². The first kappa shape index (κ1) is 14.4. The summed E-state index contributed by atoms with van der Waals surface area (Å²) in [5.74, 6) is -0.661. The molecule has 0 aliphatic rings. The van der Waals surface area contributed by atoms with E-state index in [0.29, 0.717) is 0 Å². The first-order valence-electron chi connectivity index (χ1n) is 4.07. The molecule has 2 N–H and O–H groups in total. The van der Waals surface area contributed by atoms with Gasteiger partial charge in [-0.05, 0) is 12.1 Å². The SMILES string of the molecule is NC(=O)COc1ccc(S(=O)(=O)Cl)c(Cl)c1Cl. The molecule has 5 nitrogen and oxygen atoms in total. The average Bonchev–Trinajstić information content (AvgIpc) is 2.18. The highest BCUT2D eigenvalue weighted by molar-refractivity contribution is 8.13. The number of amides is 1. The number of carbonyl (C=O) groups excluding carboxylic acids is 1. The quantitative estimate of drug-likeness (QED) is 0.857. The zero-order valence-electron chi connectivity index (χ0n) is 8.11. The molecule has 0 aliphatic heterocycles. The van der Waals surface area contributed by atoms with Gasteiger partial charge in [-0.1, -0.05) is 23.2 Å². The minimum absolute atomic E-state index is 0.0412. The predicted octanol–water partition coefficient (Wildman–Crippen LogP) is 1.79. The lowest BCUT2D eigenvalue weighted by molar-refractivity contribution is -0.119. The second kappa shape index (κ2) is 5.30. The Morgan fingerprint density at radius 3 is 2.35 bits per heavy atom. The summed E-state index contributed by atoms with van der Waals surface area (Å²) in [6, 6.07) is 2.35. The Morgan fingerprint density at radius 1 is 1.29 bits per heavy atom. The number of primary amides is 1. The lowest BCUT2D eigenvalue weighted by Crippen LogP contribution is -2.20. The molecule has 0 unspecified atom stereocenters. The molecule has 1 aromatic rings. The van der Waals surface area contributed by atoms with E-state index < -0.39 is 21.6 Å². The molecule has 1 amide bonds. The van der Waals surface area contributed by atoms with Gasteiger partial charge in [0.25, 0.3) is 15.0 Å². The van der Waals surface area contributed by atoms with Crippen molar-refractivity contribution in [3.05, 3.63) is 22.2 Å². The summed E-state index contributed by atoms with van der Waals surface area (Å²) < 4.78 is 27.1. The number of benzene rings is 1. The molecule has 0 spiro atoms. The molecule has 0 radical (unpaired) electrons. The largest absolute Gasteiger partial charge is 0.482 e. The van der Waals surface area contributed by atoms with Crippen molar-refractivity contribution in [2.75, 3.05) is 6.61 Å². The molecule has 1 rings (SSSR count).